The number of rotatable bonds is 14. The molecule has 0 aliphatic carbocycles. The Morgan fingerprint density at radius 2 is 1.65 bits per heavy atom. The summed E-state index contributed by atoms with van der Waals surface area (Å²) in [5.74, 6) is -2.16. The second-order valence-corrected chi connectivity index (χ2v) is 9.84. The summed E-state index contributed by atoms with van der Waals surface area (Å²) in [7, 11) is 0. The van der Waals surface area contributed by atoms with Gasteiger partial charge < -0.3 is 20.6 Å². The molecule has 3 aromatic rings. The predicted molar refractivity (Wildman–Crippen MR) is 149 cm³/mol. The summed E-state index contributed by atoms with van der Waals surface area (Å²) >= 11 is 0. The molecule has 1 heterocycles. The van der Waals surface area contributed by atoms with Gasteiger partial charge >= 0.3 is 0 Å². The third-order valence-electron chi connectivity index (χ3n) is 6.30. The summed E-state index contributed by atoms with van der Waals surface area (Å²) in [5.41, 5.74) is 2.35. The fourth-order valence-corrected chi connectivity index (χ4v) is 4.50. The Morgan fingerprint density at radius 3 is 2.27 bits per heavy atom. The first-order chi connectivity index (χ1) is 19.2. The van der Waals surface area contributed by atoms with Crippen molar-refractivity contribution in [2.45, 2.75) is 58.7 Å². The van der Waals surface area contributed by atoms with Crippen molar-refractivity contribution < 1.29 is 23.5 Å². The maximum absolute atomic E-state index is 13.9. The first-order valence-electron chi connectivity index (χ1n) is 13.5. The molecule has 2 atom stereocenters. The van der Waals surface area contributed by atoms with E-state index < -0.39 is 29.7 Å². The van der Waals surface area contributed by atoms with Gasteiger partial charge in [-0.25, -0.2) is 8.78 Å². The van der Waals surface area contributed by atoms with Gasteiger partial charge in [-0.3, -0.25) is 19.6 Å². The van der Waals surface area contributed by atoms with E-state index in [1.165, 1.54) is 12.1 Å². The summed E-state index contributed by atoms with van der Waals surface area (Å²) in [5, 5.41) is 16.9. The van der Waals surface area contributed by atoms with E-state index in [9.17, 15) is 23.5 Å². The Balaban J connectivity index is 1.80. The summed E-state index contributed by atoms with van der Waals surface area (Å²) in [6, 6.07) is 7.16. The molecule has 1 unspecified atom stereocenters. The van der Waals surface area contributed by atoms with Crippen LogP contribution in [0.1, 0.15) is 64.2 Å². The molecule has 1 aromatic heterocycles. The van der Waals surface area contributed by atoms with Crippen LogP contribution in [0.4, 0.5) is 8.78 Å². The lowest BCUT2D eigenvalue weighted by Crippen LogP contribution is -2.48. The molecule has 3 rings (SSSR count). The lowest BCUT2D eigenvalue weighted by Gasteiger charge is -2.25. The molecule has 214 valence electrons. The van der Waals surface area contributed by atoms with Gasteiger partial charge in [0, 0.05) is 62.0 Å². The molecule has 0 bridgehead atoms. The normalized spacial score (nSPS) is 12.6. The van der Waals surface area contributed by atoms with Crippen LogP contribution >= 0.6 is 0 Å². The maximum atomic E-state index is 13.9. The van der Waals surface area contributed by atoms with E-state index >= 15 is 0 Å². The second kappa shape index (κ2) is 15.1. The molecule has 0 spiro atoms. The van der Waals surface area contributed by atoms with Gasteiger partial charge in [0.2, 0.25) is 0 Å². The van der Waals surface area contributed by atoms with E-state index in [0.717, 1.165) is 24.5 Å². The van der Waals surface area contributed by atoms with Gasteiger partial charge in [-0.1, -0.05) is 13.8 Å². The molecular formula is C30H37F2N5O3. The quantitative estimate of drug-likeness (QED) is 0.280. The van der Waals surface area contributed by atoms with Crippen LogP contribution < -0.4 is 10.6 Å². The number of nitrogens with zero attached hydrogens (tertiary/aromatic N) is 3. The second-order valence-electron chi connectivity index (χ2n) is 9.84. The van der Waals surface area contributed by atoms with Crippen molar-refractivity contribution in [3.8, 4) is 0 Å². The number of hydrogen-bond donors (Lipinski definition) is 3. The molecule has 3 N–H and O–H groups in total. The Kier molecular flexibility index (Phi) is 11.6. The number of carbonyl (C=O) groups excluding carboxylic acids is 2. The van der Waals surface area contributed by atoms with E-state index in [1.807, 2.05) is 13.8 Å². The minimum Gasteiger partial charge on any atom is -0.390 e. The van der Waals surface area contributed by atoms with Crippen LogP contribution in [0.15, 0.2) is 55.0 Å². The molecule has 10 heteroatoms. The summed E-state index contributed by atoms with van der Waals surface area (Å²) in [6.45, 7) is 7.43. The van der Waals surface area contributed by atoms with Crippen molar-refractivity contribution in [2.24, 2.45) is 0 Å². The van der Waals surface area contributed by atoms with Gasteiger partial charge in [0.15, 0.2) is 0 Å². The van der Waals surface area contributed by atoms with Gasteiger partial charge in [0.05, 0.1) is 17.8 Å². The fourth-order valence-electron chi connectivity index (χ4n) is 4.50. The molecule has 0 aliphatic rings. The van der Waals surface area contributed by atoms with E-state index in [-0.39, 0.29) is 30.0 Å². The van der Waals surface area contributed by atoms with E-state index in [2.05, 4.69) is 20.6 Å². The van der Waals surface area contributed by atoms with Gasteiger partial charge in [0.25, 0.3) is 11.8 Å². The van der Waals surface area contributed by atoms with Gasteiger partial charge in [0.1, 0.15) is 11.6 Å². The molecule has 2 amide bonds. The Morgan fingerprint density at radius 1 is 0.975 bits per heavy atom. The zero-order chi connectivity index (χ0) is 29.1. The van der Waals surface area contributed by atoms with Gasteiger partial charge in [-0.15, -0.1) is 0 Å². The summed E-state index contributed by atoms with van der Waals surface area (Å²) in [6.07, 6.45) is 5.20. The third kappa shape index (κ3) is 9.17. The first-order valence-corrected chi connectivity index (χ1v) is 13.5. The zero-order valence-electron chi connectivity index (χ0n) is 23.2. The van der Waals surface area contributed by atoms with Crippen LogP contribution in [0.25, 0.3) is 0 Å². The van der Waals surface area contributed by atoms with Crippen LogP contribution in [-0.4, -0.2) is 63.6 Å². The van der Waals surface area contributed by atoms with E-state index in [1.54, 1.807) is 48.6 Å². The molecular weight excluding hydrogens is 516 g/mol. The highest BCUT2D eigenvalue weighted by molar-refractivity contribution is 6.00. The number of nitrogens with one attached hydrogen (secondary N) is 2. The standard InChI is InChI=1S/C30H37F2N5O3/c1-4-8-37(9-5-2)30(40)23-11-20(3)10-22(15-23)29(39)36-27(14-21-12-24(31)16-25(32)13-21)28(38)19-34-18-26-17-33-6-7-35-26/h6-7,10-13,15-17,27-28,34,38H,4-5,8-9,14,18-19H2,1-3H3,(H,36,39)/t27?,28-/m1/s1. The zero-order valence-corrected chi connectivity index (χ0v) is 23.2. The van der Waals surface area contributed by atoms with Crippen LogP contribution in [0, 0.1) is 18.6 Å². The molecule has 0 radical (unpaired) electrons. The van der Waals surface area contributed by atoms with Crippen LogP contribution in [-0.2, 0) is 13.0 Å². The average Bonchev–Trinajstić information content (AvgIpc) is 2.91. The lowest BCUT2D eigenvalue weighted by atomic mass is 9.99. The summed E-state index contributed by atoms with van der Waals surface area (Å²) < 4.78 is 27.8. The van der Waals surface area contributed by atoms with Crippen molar-refractivity contribution in [1.82, 2.24) is 25.5 Å². The van der Waals surface area contributed by atoms with E-state index in [0.29, 0.717) is 30.9 Å². The lowest BCUT2D eigenvalue weighted by molar-refractivity contribution is 0.0755. The van der Waals surface area contributed by atoms with Crippen LogP contribution in [0.2, 0.25) is 0 Å². The number of aryl methyl sites for hydroxylation is 1. The number of halogens is 2. The Hall–Kier alpha value is -3.76. The molecule has 0 fully saturated rings. The molecule has 0 saturated heterocycles. The highest BCUT2D eigenvalue weighted by Gasteiger charge is 2.24. The topological polar surface area (TPSA) is 107 Å². The highest BCUT2D eigenvalue weighted by Crippen LogP contribution is 2.16. The van der Waals surface area contributed by atoms with Crippen molar-refractivity contribution in [3.63, 3.8) is 0 Å². The largest absolute Gasteiger partial charge is 0.390 e. The minimum absolute atomic E-state index is 0.0210. The number of aliphatic hydroxyl groups is 1. The molecule has 2 aromatic carbocycles. The van der Waals surface area contributed by atoms with Gasteiger partial charge in [-0.05, 0) is 67.6 Å². The van der Waals surface area contributed by atoms with Crippen molar-refractivity contribution in [3.05, 3.63) is 94.6 Å². The molecule has 0 aliphatic heterocycles. The van der Waals surface area contributed by atoms with Gasteiger partial charge in [-0.2, -0.15) is 0 Å². The molecule has 8 nitrogen and oxygen atoms in total. The average molecular weight is 554 g/mol. The Bertz CT molecular complexity index is 1250. The first kappa shape index (κ1) is 30.8. The molecule has 0 saturated carbocycles. The number of aliphatic hydroxyl groups excluding tert-OH is 1. The molecule has 40 heavy (non-hydrogen) atoms. The van der Waals surface area contributed by atoms with Crippen molar-refractivity contribution in [1.29, 1.82) is 0 Å². The fraction of sp³-hybridized carbons (Fsp3) is 0.400. The Labute approximate surface area is 233 Å². The number of carbonyl (C=O) groups is 2. The third-order valence-corrected chi connectivity index (χ3v) is 6.30. The van der Waals surface area contributed by atoms with Crippen LogP contribution in [0.5, 0.6) is 0 Å². The number of benzene rings is 2. The predicted octanol–water partition coefficient (Wildman–Crippen LogP) is 3.82. The van der Waals surface area contributed by atoms with Crippen molar-refractivity contribution in [2.75, 3.05) is 19.6 Å². The number of hydrogen-bond acceptors (Lipinski definition) is 6. The number of amides is 2. The minimum atomic E-state index is -1.11. The maximum Gasteiger partial charge on any atom is 0.253 e. The highest BCUT2D eigenvalue weighted by atomic mass is 19.1. The smallest absolute Gasteiger partial charge is 0.253 e. The summed E-state index contributed by atoms with van der Waals surface area (Å²) in [4.78, 5) is 36.5. The SMILES string of the molecule is CCCN(CCC)C(=O)c1cc(C)cc(C(=O)NC(Cc2cc(F)cc(F)c2)[C@H](O)CNCc2cnccn2)c1. The monoisotopic (exact) mass is 553 g/mol. The van der Waals surface area contributed by atoms with E-state index in [4.69, 9.17) is 0 Å². The van der Waals surface area contributed by atoms with Crippen molar-refractivity contribution >= 4 is 11.8 Å². The number of aromatic nitrogens is 2. The van der Waals surface area contributed by atoms with Crippen LogP contribution in [0.3, 0.4) is 0 Å².